The molecule has 31 heavy (non-hydrogen) atoms. The van der Waals surface area contributed by atoms with Crippen LogP contribution in [0, 0.1) is 0 Å². The predicted octanol–water partition coefficient (Wildman–Crippen LogP) is 3.88. The molecule has 176 valence electrons. The number of nitrogens with one attached hydrogen (secondary N) is 1. The van der Waals surface area contributed by atoms with Gasteiger partial charge in [-0.25, -0.2) is 4.99 Å². The Morgan fingerprint density at radius 3 is 2.55 bits per heavy atom. The number of hydrogen-bond donors (Lipinski definition) is 1. The molecule has 3 rings (SSSR count). The summed E-state index contributed by atoms with van der Waals surface area (Å²) in [5.74, 6) is 1.02. The Morgan fingerprint density at radius 1 is 1.16 bits per heavy atom. The Balaban J connectivity index is 0.00000341. The van der Waals surface area contributed by atoms with Gasteiger partial charge < -0.3 is 24.6 Å². The van der Waals surface area contributed by atoms with Gasteiger partial charge in [0.15, 0.2) is 5.96 Å². The first-order chi connectivity index (χ1) is 14.7. The molecule has 0 aliphatic carbocycles. The van der Waals surface area contributed by atoms with Crippen LogP contribution in [0.25, 0.3) is 0 Å². The van der Waals surface area contributed by atoms with E-state index in [1.807, 2.05) is 0 Å². The topological polar surface area (TPSA) is 49.3 Å². The standard InChI is InChI=1S/C24H40N4O2.HI/c1-4-25-24(26-17-20-9-5-6-10-21(20)18-27(2)3)28-14-12-22(13-15-28)30-19-23-11-7-8-16-29-23;/h5-6,9-10,22-23H,4,7-8,11-19H2,1-3H3,(H,25,26);1H. The molecule has 0 radical (unpaired) electrons. The van der Waals surface area contributed by atoms with Gasteiger partial charge in [-0.05, 0) is 64.3 Å². The summed E-state index contributed by atoms with van der Waals surface area (Å²) in [5, 5.41) is 3.49. The van der Waals surface area contributed by atoms with Crippen molar-refractivity contribution in [3.63, 3.8) is 0 Å². The molecule has 7 heteroatoms. The SMILES string of the molecule is CCNC(=NCc1ccccc1CN(C)C)N1CCC(OCC2CCCCO2)CC1.I. The van der Waals surface area contributed by atoms with Crippen molar-refractivity contribution in [2.24, 2.45) is 4.99 Å². The number of guanidine groups is 1. The van der Waals surface area contributed by atoms with Gasteiger partial charge in [0.1, 0.15) is 0 Å². The first kappa shape index (κ1) is 26.4. The number of hydrogen-bond acceptors (Lipinski definition) is 4. The van der Waals surface area contributed by atoms with Crippen LogP contribution in [0.3, 0.4) is 0 Å². The highest BCUT2D eigenvalue weighted by Crippen LogP contribution is 2.18. The first-order valence-corrected chi connectivity index (χ1v) is 11.6. The van der Waals surface area contributed by atoms with E-state index < -0.39 is 0 Å². The molecule has 6 nitrogen and oxygen atoms in total. The second kappa shape index (κ2) is 14.3. The number of benzene rings is 1. The third kappa shape index (κ3) is 8.86. The highest BCUT2D eigenvalue weighted by Gasteiger charge is 2.23. The largest absolute Gasteiger partial charge is 0.376 e. The van der Waals surface area contributed by atoms with Crippen molar-refractivity contribution in [3.05, 3.63) is 35.4 Å². The van der Waals surface area contributed by atoms with Gasteiger partial charge in [-0.15, -0.1) is 24.0 Å². The van der Waals surface area contributed by atoms with E-state index >= 15 is 0 Å². The molecule has 1 aromatic rings. The van der Waals surface area contributed by atoms with E-state index in [1.165, 1.54) is 24.0 Å². The zero-order valence-electron chi connectivity index (χ0n) is 19.5. The van der Waals surface area contributed by atoms with Crippen LogP contribution in [0.5, 0.6) is 0 Å². The zero-order chi connectivity index (χ0) is 21.2. The molecular weight excluding hydrogens is 503 g/mol. The maximum atomic E-state index is 6.18. The Labute approximate surface area is 205 Å². The summed E-state index contributed by atoms with van der Waals surface area (Å²) in [5.41, 5.74) is 2.64. The minimum absolute atomic E-state index is 0. The van der Waals surface area contributed by atoms with E-state index in [4.69, 9.17) is 14.5 Å². The van der Waals surface area contributed by atoms with Gasteiger partial charge in [-0.2, -0.15) is 0 Å². The van der Waals surface area contributed by atoms with E-state index in [0.29, 0.717) is 18.8 Å². The maximum Gasteiger partial charge on any atom is 0.194 e. The predicted molar refractivity (Wildman–Crippen MR) is 138 cm³/mol. The fraction of sp³-hybridized carbons (Fsp3) is 0.708. The van der Waals surface area contributed by atoms with Crippen LogP contribution in [0.2, 0.25) is 0 Å². The Morgan fingerprint density at radius 2 is 1.90 bits per heavy atom. The summed E-state index contributed by atoms with van der Waals surface area (Å²) in [6.45, 7) is 8.29. The third-order valence-electron chi connectivity index (χ3n) is 5.87. The molecule has 2 saturated heterocycles. The van der Waals surface area contributed by atoms with E-state index in [0.717, 1.165) is 64.6 Å². The number of likely N-dealkylation sites (tertiary alicyclic amines) is 1. The van der Waals surface area contributed by atoms with Crippen molar-refractivity contribution in [1.29, 1.82) is 0 Å². The molecule has 1 N–H and O–H groups in total. The summed E-state index contributed by atoms with van der Waals surface area (Å²) in [6.07, 6.45) is 6.36. The molecule has 2 heterocycles. The minimum Gasteiger partial charge on any atom is -0.376 e. The molecule has 0 saturated carbocycles. The molecule has 1 atom stereocenters. The van der Waals surface area contributed by atoms with Crippen molar-refractivity contribution in [1.82, 2.24) is 15.1 Å². The fourth-order valence-electron chi connectivity index (χ4n) is 4.21. The lowest BCUT2D eigenvalue weighted by molar-refractivity contribution is -0.0721. The van der Waals surface area contributed by atoms with Gasteiger partial charge in [0.05, 0.1) is 25.4 Å². The Kier molecular flexibility index (Phi) is 12.1. The number of ether oxygens (including phenoxy) is 2. The molecule has 1 unspecified atom stereocenters. The van der Waals surface area contributed by atoms with Crippen LogP contribution in [0.1, 0.15) is 50.2 Å². The van der Waals surface area contributed by atoms with Gasteiger partial charge >= 0.3 is 0 Å². The van der Waals surface area contributed by atoms with Crippen molar-refractivity contribution in [3.8, 4) is 0 Å². The Bertz CT molecular complexity index is 657. The quantitative estimate of drug-likeness (QED) is 0.306. The molecular formula is C24H41IN4O2. The van der Waals surface area contributed by atoms with Crippen molar-refractivity contribution in [2.75, 3.05) is 46.9 Å². The van der Waals surface area contributed by atoms with Gasteiger partial charge in [-0.1, -0.05) is 24.3 Å². The summed E-state index contributed by atoms with van der Waals surface area (Å²) in [7, 11) is 4.22. The monoisotopic (exact) mass is 544 g/mol. The van der Waals surface area contributed by atoms with Gasteiger partial charge in [-0.3, -0.25) is 0 Å². The molecule has 0 spiro atoms. The van der Waals surface area contributed by atoms with Crippen molar-refractivity contribution >= 4 is 29.9 Å². The van der Waals surface area contributed by atoms with Crippen LogP contribution < -0.4 is 5.32 Å². The fourth-order valence-corrected chi connectivity index (χ4v) is 4.21. The summed E-state index contributed by atoms with van der Waals surface area (Å²) in [6, 6.07) is 8.62. The van der Waals surface area contributed by atoms with Gasteiger partial charge in [0, 0.05) is 32.8 Å². The molecule has 0 aromatic heterocycles. The normalized spacial score (nSPS) is 20.6. The molecule has 0 amide bonds. The Hall–Kier alpha value is -0.900. The second-order valence-electron chi connectivity index (χ2n) is 8.68. The third-order valence-corrected chi connectivity index (χ3v) is 5.87. The van der Waals surface area contributed by atoms with Crippen LogP contribution in [0.4, 0.5) is 0 Å². The lowest BCUT2D eigenvalue weighted by atomic mass is 10.1. The lowest BCUT2D eigenvalue weighted by Crippen LogP contribution is -2.47. The molecule has 1 aromatic carbocycles. The molecule has 2 fully saturated rings. The van der Waals surface area contributed by atoms with E-state index in [-0.39, 0.29) is 24.0 Å². The van der Waals surface area contributed by atoms with Gasteiger partial charge in [0.2, 0.25) is 0 Å². The van der Waals surface area contributed by atoms with Gasteiger partial charge in [0.25, 0.3) is 0 Å². The first-order valence-electron chi connectivity index (χ1n) is 11.6. The van der Waals surface area contributed by atoms with Crippen molar-refractivity contribution in [2.45, 2.75) is 64.3 Å². The lowest BCUT2D eigenvalue weighted by Gasteiger charge is -2.35. The summed E-state index contributed by atoms with van der Waals surface area (Å²) < 4.78 is 12.0. The van der Waals surface area contributed by atoms with Crippen LogP contribution in [0.15, 0.2) is 29.3 Å². The summed E-state index contributed by atoms with van der Waals surface area (Å²) >= 11 is 0. The average molecular weight is 545 g/mol. The van der Waals surface area contributed by atoms with E-state index in [1.54, 1.807) is 0 Å². The number of rotatable bonds is 8. The number of aliphatic imine (C=N–C) groups is 1. The van der Waals surface area contributed by atoms with E-state index in [2.05, 4.69) is 60.4 Å². The van der Waals surface area contributed by atoms with Crippen LogP contribution in [-0.4, -0.2) is 74.9 Å². The zero-order valence-corrected chi connectivity index (χ0v) is 21.8. The summed E-state index contributed by atoms with van der Waals surface area (Å²) in [4.78, 5) is 9.56. The number of nitrogens with zero attached hydrogens (tertiary/aromatic N) is 3. The maximum absolute atomic E-state index is 6.18. The number of piperidine rings is 1. The molecule has 2 aliphatic rings. The molecule has 2 aliphatic heterocycles. The minimum atomic E-state index is 0. The van der Waals surface area contributed by atoms with E-state index in [9.17, 15) is 0 Å². The second-order valence-corrected chi connectivity index (χ2v) is 8.68. The highest BCUT2D eigenvalue weighted by atomic mass is 127. The van der Waals surface area contributed by atoms with Crippen LogP contribution >= 0.6 is 24.0 Å². The molecule has 0 bridgehead atoms. The van der Waals surface area contributed by atoms with Crippen LogP contribution in [-0.2, 0) is 22.6 Å². The number of halogens is 1. The smallest absolute Gasteiger partial charge is 0.194 e. The highest BCUT2D eigenvalue weighted by molar-refractivity contribution is 14.0. The van der Waals surface area contributed by atoms with Crippen molar-refractivity contribution < 1.29 is 9.47 Å². The average Bonchev–Trinajstić information content (AvgIpc) is 2.77.